The second-order valence-corrected chi connectivity index (χ2v) is 12.2. The van der Waals surface area contributed by atoms with Gasteiger partial charge >= 0.3 is 0 Å². The molecule has 1 fully saturated rings. The van der Waals surface area contributed by atoms with Crippen LogP contribution in [0.5, 0.6) is 0 Å². The van der Waals surface area contributed by atoms with E-state index >= 15 is 0 Å². The molecule has 0 saturated carbocycles. The van der Waals surface area contributed by atoms with Gasteiger partial charge in [0.25, 0.3) is 5.91 Å². The Morgan fingerprint density at radius 2 is 1.53 bits per heavy atom. The van der Waals surface area contributed by atoms with Gasteiger partial charge in [0, 0.05) is 55.5 Å². The van der Waals surface area contributed by atoms with Crippen molar-refractivity contribution in [3.63, 3.8) is 0 Å². The Balaban J connectivity index is 1.25. The summed E-state index contributed by atoms with van der Waals surface area (Å²) in [5.41, 5.74) is 3.97. The molecule has 1 saturated heterocycles. The minimum Gasteiger partial charge on any atom is -0.351 e. The lowest BCUT2D eigenvalue weighted by atomic mass is 10.1. The first-order valence-electron chi connectivity index (χ1n) is 12.2. The van der Waals surface area contributed by atoms with Crippen molar-refractivity contribution in [2.75, 3.05) is 38.5 Å². The fourth-order valence-corrected chi connectivity index (χ4v) is 6.32. The van der Waals surface area contributed by atoms with Crippen molar-refractivity contribution in [2.45, 2.75) is 30.2 Å². The summed E-state index contributed by atoms with van der Waals surface area (Å²) in [5.74, 6) is 0.736. The van der Waals surface area contributed by atoms with Crippen molar-refractivity contribution in [1.82, 2.24) is 14.5 Å². The van der Waals surface area contributed by atoms with E-state index in [-0.39, 0.29) is 5.91 Å². The highest BCUT2D eigenvalue weighted by Crippen LogP contribution is 2.20. The lowest BCUT2D eigenvalue weighted by molar-refractivity contribution is 0.0956. The van der Waals surface area contributed by atoms with E-state index in [0.717, 1.165) is 16.9 Å². The summed E-state index contributed by atoms with van der Waals surface area (Å²) in [6.07, 6.45) is 0. The van der Waals surface area contributed by atoms with Gasteiger partial charge < -0.3 is 5.32 Å². The first kappa shape index (κ1) is 26.4. The largest absolute Gasteiger partial charge is 0.351 e. The van der Waals surface area contributed by atoms with Crippen LogP contribution in [0, 0.1) is 13.8 Å². The Morgan fingerprint density at radius 1 is 0.889 bits per heavy atom. The Bertz CT molecular complexity index is 1270. The predicted molar refractivity (Wildman–Crippen MR) is 146 cm³/mol. The second kappa shape index (κ2) is 12.1. The highest BCUT2D eigenvalue weighted by atomic mass is 32.2. The van der Waals surface area contributed by atoms with E-state index in [2.05, 4.69) is 41.4 Å². The van der Waals surface area contributed by atoms with Gasteiger partial charge in [0.1, 0.15) is 0 Å². The number of amides is 1. The van der Waals surface area contributed by atoms with E-state index in [9.17, 15) is 13.2 Å². The van der Waals surface area contributed by atoms with Crippen LogP contribution in [0.15, 0.2) is 82.6 Å². The van der Waals surface area contributed by atoms with Gasteiger partial charge in [0.2, 0.25) is 10.0 Å². The van der Waals surface area contributed by atoms with Crippen molar-refractivity contribution in [3.05, 3.63) is 95.1 Å². The van der Waals surface area contributed by atoms with Crippen LogP contribution in [-0.2, 0) is 16.6 Å². The molecule has 1 amide bonds. The summed E-state index contributed by atoms with van der Waals surface area (Å²) < 4.78 is 27.5. The molecule has 1 N–H and O–H groups in total. The third kappa shape index (κ3) is 6.97. The summed E-state index contributed by atoms with van der Waals surface area (Å²) in [7, 11) is -3.47. The zero-order chi connectivity index (χ0) is 25.5. The summed E-state index contributed by atoms with van der Waals surface area (Å²) in [4.78, 5) is 16.4. The number of carbonyl (C=O) groups is 1. The van der Waals surface area contributed by atoms with Crippen molar-refractivity contribution < 1.29 is 13.2 Å². The van der Waals surface area contributed by atoms with Crippen LogP contribution in [0.3, 0.4) is 0 Å². The summed E-state index contributed by atoms with van der Waals surface area (Å²) >= 11 is 1.73. The Hall–Kier alpha value is -2.65. The van der Waals surface area contributed by atoms with Gasteiger partial charge in [-0.1, -0.05) is 47.5 Å². The maximum atomic E-state index is 12.9. The van der Waals surface area contributed by atoms with E-state index in [0.29, 0.717) is 49.7 Å². The van der Waals surface area contributed by atoms with Gasteiger partial charge in [-0.15, -0.1) is 11.8 Å². The molecule has 0 spiro atoms. The number of benzene rings is 3. The van der Waals surface area contributed by atoms with Crippen molar-refractivity contribution >= 4 is 27.7 Å². The molecule has 1 aliphatic rings. The predicted octanol–water partition coefficient (Wildman–Crippen LogP) is 4.33. The monoisotopic (exact) mass is 523 g/mol. The Kier molecular flexibility index (Phi) is 8.85. The number of thioether (sulfide) groups is 1. The lowest BCUT2D eigenvalue weighted by Gasteiger charge is -2.34. The molecule has 0 unspecified atom stereocenters. The van der Waals surface area contributed by atoms with Crippen molar-refractivity contribution in [3.8, 4) is 0 Å². The normalized spacial score (nSPS) is 15.1. The molecule has 0 radical (unpaired) electrons. The number of piperazine rings is 1. The van der Waals surface area contributed by atoms with Gasteiger partial charge in [-0.3, -0.25) is 9.69 Å². The molecule has 190 valence electrons. The Morgan fingerprint density at radius 3 is 2.19 bits per heavy atom. The van der Waals surface area contributed by atoms with Crippen LogP contribution < -0.4 is 5.32 Å². The van der Waals surface area contributed by atoms with Gasteiger partial charge in [0.15, 0.2) is 0 Å². The molecule has 1 aliphatic heterocycles. The van der Waals surface area contributed by atoms with E-state index in [1.54, 1.807) is 28.2 Å². The molecule has 8 heteroatoms. The summed E-state index contributed by atoms with van der Waals surface area (Å²) in [6, 6.07) is 23.1. The average molecular weight is 524 g/mol. The molecule has 36 heavy (non-hydrogen) atoms. The van der Waals surface area contributed by atoms with Crippen LogP contribution >= 0.6 is 11.8 Å². The van der Waals surface area contributed by atoms with Crippen molar-refractivity contribution in [1.29, 1.82) is 0 Å². The molecule has 0 bridgehead atoms. The number of sulfonamides is 1. The second-order valence-electron chi connectivity index (χ2n) is 9.11. The molecular formula is C28H33N3O3S2. The molecule has 1 heterocycles. The van der Waals surface area contributed by atoms with Crippen LogP contribution in [0.4, 0.5) is 0 Å². The van der Waals surface area contributed by atoms with Crippen LogP contribution in [0.25, 0.3) is 0 Å². The first-order valence-corrected chi connectivity index (χ1v) is 14.6. The van der Waals surface area contributed by atoms with E-state index in [4.69, 9.17) is 0 Å². The smallest absolute Gasteiger partial charge is 0.251 e. The highest BCUT2D eigenvalue weighted by Gasteiger charge is 2.28. The average Bonchev–Trinajstić information content (AvgIpc) is 2.88. The molecule has 0 aliphatic carbocycles. The van der Waals surface area contributed by atoms with Crippen molar-refractivity contribution in [2.24, 2.45) is 0 Å². The number of nitrogens with one attached hydrogen (secondary N) is 1. The zero-order valence-electron chi connectivity index (χ0n) is 20.8. The lowest BCUT2D eigenvalue weighted by Crippen LogP contribution is -2.48. The molecule has 6 nitrogen and oxygen atoms in total. The molecule has 3 aromatic rings. The van der Waals surface area contributed by atoms with Gasteiger partial charge in [-0.05, 0) is 55.8 Å². The topological polar surface area (TPSA) is 69.7 Å². The number of carbonyl (C=O) groups excluding carboxylic acids is 1. The first-order chi connectivity index (χ1) is 17.3. The number of rotatable bonds is 9. The van der Waals surface area contributed by atoms with E-state index < -0.39 is 10.0 Å². The van der Waals surface area contributed by atoms with Gasteiger partial charge in [-0.2, -0.15) is 4.31 Å². The third-order valence-electron chi connectivity index (χ3n) is 6.26. The molecule has 0 atom stereocenters. The maximum absolute atomic E-state index is 12.9. The van der Waals surface area contributed by atoms with E-state index in [1.165, 1.54) is 10.5 Å². The molecule has 3 aromatic carbocycles. The van der Waals surface area contributed by atoms with Gasteiger partial charge in [-0.25, -0.2) is 8.42 Å². The quantitative estimate of drug-likeness (QED) is 0.334. The fraction of sp³-hybridized carbons (Fsp3) is 0.321. The number of nitrogens with zero attached hydrogens (tertiary/aromatic N) is 2. The molecular weight excluding hydrogens is 490 g/mol. The summed E-state index contributed by atoms with van der Waals surface area (Å²) in [5, 5.41) is 3.01. The SMILES string of the molecule is Cc1ccc(SCCNC(=O)c2cccc(CN3CCN(S(=O)(=O)c4ccc(C)cc4)CC3)c2)cc1. The van der Waals surface area contributed by atoms with E-state index in [1.807, 2.05) is 43.3 Å². The molecule has 4 rings (SSSR count). The fourth-order valence-electron chi connectivity index (χ4n) is 4.13. The van der Waals surface area contributed by atoms with Crippen LogP contribution in [0.2, 0.25) is 0 Å². The minimum absolute atomic E-state index is 0.0737. The summed E-state index contributed by atoms with van der Waals surface area (Å²) in [6.45, 7) is 7.50. The van der Waals surface area contributed by atoms with Gasteiger partial charge in [0.05, 0.1) is 4.90 Å². The number of hydrogen-bond donors (Lipinski definition) is 1. The maximum Gasteiger partial charge on any atom is 0.251 e. The Labute approximate surface area is 218 Å². The number of hydrogen-bond acceptors (Lipinski definition) is 5. The standard InChI is InChI=1S/C28H33N3O3S2/c1-22-6-10-26(11-7-22)35-19-14-29-28(32)25-5-3-4-24(20-25)21-30-15-17-31(18-16-30)36(33,34)27-12-8-23(2)9-13-27/h3-13,20H,14-19,21H2,1-2H3,(H,29,32). The van der Waals surface area contributed by atoms with Crippen LogP contribution in [-0.4, -0.2) is 62.0 Å². The third-order valence-corrected chi connectivity index (χ3v) is 9.19. The highest BCUT2D eigenvalue weighted by molar-refractivity contribution is 7.99. The van der Waals surface area contributed by atoms with Crippen LogP contribution in [0.1, 0.15) is 27.0 Å². The minimum atomic E-state index is -3.47. The zero-order valence-corrected chi connectivity index (χ0v) is 22.4. The number of aryl methyl sites for hydroxylation is 2. The molecule has 0 aromatic heterocycles.